The lowest BCUT2D eigenvalue weighted by Gasteiger charge is -2.26. The van der Waals surface area contributed by atoms with Crippen LogP contribution in [0, 0.1) is 0 Å². The van der Waals surface area contributed by atoms with Crippen LogP contribution in [0.5, 0.6) is 11.5 Å². The molecule has 13 heteroatoms. The van der Waals surface area contributed by atoms with Crippen molar-refractivity contribution < 1.29 is 30.7 Å². The number of rotatable bonds is 12. The van der Waals surface area contributed by atoms with E-state index in [2.05, 4.69) is 20.4 Å². The van der Waals surface area contributed by atoms with Gasteiger partial charge in [0.25, 0.3) is 5.91 Å². The van der Waals surface area contributed by atoms with Crippen molar-refractivity contribution in [1.82, 2.24) is 25.0 Å². The molecule has 2 heterocycles. The Morgan fingerprint density at radius 1 is 1.05 bits per heavy atom. The van der Waals surface area contributed by atoms with Crippen molar-refractivity contribution in [2.75, 3.05) is 38.6 Å². The van der Waals surface area contributed by atoms with Gasteiger partial charge in [0, 0.05) is 43.7 Å². The Morgan fingerprint density at radius 2 is 1.74 bits per heavy atom. The van der Waals surface area contributed by atoms with E-state index < -0.39 is 0 Å². The number of phenolic OH excluding ortho intramolecular Hbond substituents is 2. The Balaban J connectivity index is 0.00000294. The molecule has 234 valence electrons. The van der Waals surface area contributed by atoms with Crippen LogP contribution < -0.4 is 10.5 Å². The second-order valence-corrected chi connectivity index (χ2v) is 10.7. The highest BCUT2D eigenvalue weighted by Gasteiger charge is 2.24. The Labute approximate surface area is 252 Å². The molecule has 0 aliphatic carbocycles. The Morgan fingerprint density at radius 3 is 2.38 bits per heavy atom. The van der Waals surface area contributed by atoms with E-state index in [-0.39, 0.29) is 47.5 Å². The number of aromatic hydroxyl groups is 2. The Bertz CT molecular complexity index is 1250. The standard InChI is InChI=1S/C28H38N6O4S.CH4.2H2O/c1-19(2)22-16-23(25(36)17-24(22)35)26-31-32-27(28(37)30-10-4-3-5-15-39-29)34(26)21-8-6-20(7-9-21)18-33-11-13-38-14-12-33;;;/h6-9,16-17,19,35-36H,3-5,10-15,18,29H2,1-2H3,(H,30,37);1H4;2*1H2. The minimum absolute atomic E-state index is 0. The number of ether oxygens (including phenoxy) is 1. The molecule has 0 bridgehead atoms. The highest BCUT2D eigenvalue weighted by atomic mass is 32.2. The van der Waals surface area contributed by atoms with Crippen LogP contribution in [0.1, 0.15) is 68.2 Å². The summed E-state index contributed by atoms with van der Waals surface area (Å²) in [6.07, 6.45) is 2.79. The monoisotopic (exact) mass is 606 g/mol. The molecule has 1 amide bonds. The van der Waals surface area contributed by atoms with Crippen molar-refractivity contribution >= 4 is 17.9 Å². The predicted molar refractivity (Wildman–Crippen MR) is 167 cm³/mol. The van der Waals surface area contributed by atoms with Gasteiger partial charge in [-0.05, 0) is 48.1 Å². The summed E-state index contributed by atoms with van der Waals surface area (Å²) in [6.45, 7) is 8.50. The van der Waals surface area contributed by atoms with Gasteiger partial charge in [0.05, 0.1) is 18.8 Å². The van der Waals surface area contributed by atoms with E-state index in [1.54, 1.807) is 10.6 Å². The minimum atomic E-state index is -0.346. The summed E-state index contributed by atoms with van der Waals surface area (Å²) in [7, 11) is 0. The van der Waals surface area contributed by atoms with Crippen LogP contribution in [0.4, 0.5) is 0 Å². The van der Waals surface area contributed by atoms with Gasteiger partial charge in [-0.25, -0.2) is 0 Å². The maximum atomic E-state index is 13.2. The highest BCUT2D eigenvalue weighted by Crippen LogP contribution is 2.38. The van der Waals surface area contributed by atoms with Crippen LogP contribution in [0.3, 0.4) is 0 Å². The number of carbonyl (C=O) groups is 1. The van der Waals surface area contributed by atoms with E-state index in [1.165, 1.54) is 18.0 Å². The van der Waals surface area contributed by atoms with Crippen LogP contribution in [0.25, 0.3) is 17.1 Å². The maximum Gasteiger partial charge on any atom is 0.289 e. The van der Waals surface area contributed by atoms with E-state index in [1.807, 2.05) is 38.1 Å². The molecule has 3 aromatic rings. The number of aromatic nitrogens is 3. The summed E-state index contributed by atoms with van der Waals surface area (Å²) in [5.41, 5.74) is 2.90. The average Bonchev–Trinajstić information content (AvgIpc) is 3.36. The van der Waals surface area contributed by atoms with Gasteiger partial charge in [-0.2, -0.15) is 0 Å². The molecule has 0 radical (unpaired) electrons. The van der Waals surface area contributed by atoms with Gasteiger partial charge >= 0.3 is 0 Å². The minimum Gasteiger partial charge on any atom is -0.508 e. The number of nitrogens with two attached hydrogens (primary N) is 1. The normalized spacial score (nSPS) is 13.1. The lowest BCUT2D eigenvalue weighted by molar-refractivity contribution is 0.0342. The fourth-order valence-electron chi connectivity index (χ4n) is 4.62. The Kier molecular flexibility index (Phi) is 15.5. The first kappa shape index (κ1) is 36.8. The van der Waals surface area contributed by atoms with E-state index in [4.69, 9.17) is 9.88 Å². The van der Waals surface area contributed by atoms with Crippen molar-refractivity contribution in [3.63, 3.8) is 0 Å². The lowest BCUT2D eigenvalue weighted by Crippen LogP contribution is -2.35. The fourth-order valence-corrected chi connectivity index (χ4v) is 4.99. The van der Waals surface area contributed by atoms with Crippen molar-refractivity contribution in [2.24, 2.45) is 5.14 Å². The zero-order valence-electron chi connectivity index (χ0n) is 23.6. The molecule has 0 spiro atoms. The molecule has 0 atom stereocenters. The van der Waals surface area contributed by atoms with Crippen LogP contribution in [-0.2, 0) is 11.3 Å². The van der Waals surface area contributed by atoms with Crippen molar-refractivity contribution in [3.05, 3.63) is 53.3 Å². The number of amides is 1. The van der Waals surface area contributed by atoms with Crippen molar-refractivity contribution in [2.45, 2.75) is 53.0 Å². The maximum absolute atomic E-state index is 13.2. The number of morpholine rings is 1. The van der Waals surface area contributed by atoms with E-state index in [0.717, 1.165) is 63.4 Å². The third-order valence-corrected chi connectivity index (χ3v) is 7.33. The third-order valence-electron chi connectivity index (χ3n) is 6.80. The van der Waals surface area contributed by atoms with Crippen LogP contribution in [0.2, 0.25) is 0 Å². The second kappa shape index (κ2) is 17.7. The highest BCUT2D eigenvalue weighted by molar-refractivity contribution is 7.97. The number of nitrogens with zero attached hydrogens (tertiary/aromatic N) is 4. The number of carbonyl (C=O) groups excluding carboxylic acids is 1. The number of unbranched alkanes of at least 4 members (excludes halogenated alkanes) is 2. The zero-order chi connectivity index (χ0) is 27.8. The largest absolute Gasteiger partial charge is 0.508 e. The molecule has 0 unspecified atom stereocenters. The molecule has 0 saturated carbocycles. The fraction of sp³-hybridized carbons (Fsp3) is 0.483. The molecule has 2 aromatic carbocycles. The number of benzene rings is 2. The molecule has 1 fully saturated rings. The molecule has 4 rings (SSSR count). The topological polar surface area (TPSA) is 202 Å². The van der Waals surface area contributed by atoms with Gasteiger partial charge in [0.2, 0.25) is 5.82 Å². The first-order chi connectivity index (χ1) is 18.9. The van der Waals surface area contributed by atoms with Crippen LogP contribution >= 0.6 is 11.9 Å². The average molecular weight is 607 g/mol. The number of phenols is 2. The van der Waals surface area contributed by atoms with Crippen LogP contribution in [0.15, 0.2) is 36.4 Å². The molecule has 1 aliphatic heterocycles. The van der Waals surface area contributed by atoms with Crippen molar-refractivity contribution in [3.8, 4) is 28.6 Å². The SMILES string of the molecule is C.CC(C)c1cc(-c2nnc(C(=O)NCCCCCSN)n2-c2ccc(CN3CCOCC3)cc2)c(O)cc1O.O.O. The number of hydrogen-bond acceptors (Lipinski definition) is 9. The smallest absolute Gasteiger partial charge is 0.289 e. The van der Waals surface area contributed by atoms with E-state index in [0.29, 0.717) is 29.2 Å². The molecule has 12 nitrogen and oxygen atoms in total. The zero-order valence-corrected chi connectivity index (χ0v) is 24.4. The third kappa shape index (κ3) is 9.15. The summed E-state index contributed by atoms with van der Waals surface area (Å²) in [4.78, 5) is 15.6. The van der Waals surface area contributed by atoms with E-state index in [9.17, 15) is 15.0 Å². The van der Waals surface area contributed by atoms with Gasteiger partial charge in [-0.1, -0.05) is 51.8 Å². The second-order valence-electron chi connectivity index (χ2n) is 10.0. The summed E-state index contributed by atoms with van der Waals surface area (Å²) in [5, 5.41) is 38.1. The summed E-state index contributed by atoms with van der Waals surface area (Å²) < 4.78 is 7.11. The summed E-state index contributed by atoms with van der Waals surface area (Å²) >= 11 is 1.32. The van der Waals surface area contributed by atoms with Gasteiger partial charge in [0.1, 0.15) is 11.5 Å². The first-order valence-corrected chi connectivity index (χ1v) is 14.4. The first-order valence-electron chi connectivity index (χ1n) is 13.4. The van der Waals surface area contributed by atoms with Gasteiger partial charge in [-0.3, -0.25) is 19.4 Å². The van der Waals surface area contributed by atoms with Gasteiger partial charge < -0.3 is 31.2 Å². The molecule has 1 aromatic heterocycles. The van der Waals surface area contributed by atoms with Crippen molar-refractivity contribution in [1.29, 1.82) is 0 Å². The number of nitrogens with one attached hydrogen (secondary N) is 1. The summed E-state index contributed by atoms with van der Waals surface area (Å²) in [6, 6.07) is 11.0. The van der Waals surface area contributed by atoms with Gasteiger partial charge in [-0.15, -0.1) is 10.2 Å². The van der Waals surface area contributed by atoms with Crippen LogP contribution in [-0.4, -0.2) is 85.3 Å². The quantitative estimate of drug-likeness (QED) is 0.177. The molecular formula is C29H46N6O6S. The predicted octanol–water partition coefficient (Wildman–Crippen LogP) is 2.79. The Hall–Kier alpha value is -3.20. The van der Waals surface area contributed by atoms with E-state index >= 15 is 0 Å². The lowest BCUT2D eigenvalue weighted by atomic mass is 9.98. The molecule has 42 heavy (non-hydrogen) atoms. The molecular weight excluding hydrogens is 560 g/mol. The van der Waals surface area contributed by atoms with Gasteiger partial charge in [0.15, 0.2) is 5.82 Å². The molecule has 9 N–H and O–H groups in total. The summed E-state index contributed by atoms with van der Waals surface area (Å²) in [5.74, 6) is 0.876. The molecule has 1 aliphatic rings. The molecule has 1 saturated heterocycles. The number of hydrogen-bond donors (Lipinski definition) is 4.